The summed E-state index contributed by atoms with van der Waals surface area (Å²) in [5, 5.41) is 0. The van der Waals surface area contributed by atoms with Gasteiger partial charge in [-0.15, -0.1) is 0 Å². The maximum atomic E-state index is 4.94. The molecule has 21 heavy (non-hydrogen) atoms. The van der Waals surface area contributed by atoms with Crippen molar-refractivity contribution < 1.29 is 0 Å². The number of anilines is 1. The molecule has 2 rings (SSSR count). The monoisotopic (exact) mass is 286 g/mol. The fraction of sp³-hybridized carbons (Fsp3) is 0.632. The molecule has 1 atom stereocenters. The molecule has 0 saturated heterocycles. The van der Waals surface area contributed by atoms with Gasteiger partial charge < -0.3 is 4.90 Å². The number of fused-ring (bicyclic) bond motifs is 1. The van der Waals surface area contributed by atoms with Crippen LogP contribution in [0.5, 0.6) is 0 Å². The van der Waals surface area contributed by atoms with Crippen molar-refractivity contribution in [2.75, 3.05) is 11.4 Å². The molecule has 0 bridgehead atoms. The third kappa shape index (κ3) is 2.86. The summed E-state index contributed by atoms with van der Waals surface area (Å²) in [5.41, 5.74) is 8.20. The minimum absolute atomic E-state index is 0.404. The quantitative estimate of drug-likeness (QED) is 0.696. The molecule has 2 nitrogen and oxygen atoms in total. The summed E-state index contributed by atoms with van der Waals surface area (Å²) in [6.45, 7) is 19.1. The number of nitrogens with zero attached hydrogens (tertiary/aromatic N) is 2. The Morgan fingerprint density at radius 3 is 2.29 bits per heavy atom. The molecule has 2 heteroatoms. The van der Waals surface area contributed by atoms with Crippen LogP contribution in [0.4, 0.5) is 5.69 Å². The van der Waals surface area contributed by atoms with Gasteiger partial charge in [-0.05, 0) is 52.2 Å². The number of aromatic nitrogens is 1. The van der Waals surface area contributed by atoms with Crippen LogP contribution in [0.3, 0.4) is 0 Å². The molecule has 116 valence electrons. The van der Waals surface area contributed by atoms with Crippen LogP contribution in [0.25, 0.3) is 0 Å². The molecule has 0 N–H and O–H groups in total. The molecule has 0 aliphatic carbocycles. The van der Waals surface area contributed by atoms with Gasteiger partial charge in [0, 0.05) is 24.2 Å². The summed E-state index contributed by atoms with van der Waals surface area (Å²) in [4.78, 5) is 7.48. The van der Waals surface area contributed by atoms with Crippen LogP contribution < -0.4 is 4.90 Å². The van der Waals surface area contributed by atoms with Gasteiger partial charge in [-0.25, -0.2) is 0 Å². The summed E-state index contributed by atoms with van der Waals surface area (Å²) in [6.07, 6.45) is 0. The van der Waals surface area contributed by atoms with Crippen LogP contribution in [0.1, 0.15) is 77.3 Å². The number of pyridine rings is 1. The van der Waals surface area contributed by atoms with E-state index in [1.54, 1.807) is 0 Å². The van der Waals surface area contributed by atoms with E-state index in [0.29, 0.717) is 17.9 Å². The van der Waals surface area contributed by atoms with Crippen molar-refractivity contribution in [3.8, 4) is 0 Å². The highest BCUT2D eigenvalue weighted by Gasteiger charge is 2.29. The largest absolute Gasteiger partial charge is 0.363 e. The van der Waals surface area contributed by atoms with Crippen molar-refractivity contribution in [2.45, 2.75) is 73.3 Å². The number of rotatable bonds is 2. The molecule has 1 aromatic rings. The Kier molecular flexibility index (Phi) is 4.46. The lowest BCUT2D eigenvalue weighted by Gasteiger charge is -2.33. The van der Waals surface area contributed by atoms with Gasteiger partial charge in [0.05, 0.1) is 11.4 Å². The second kappa shape index (κ2) is 5.82. The summed E-state index contributed by atoms with van der Waals surface area (Å²) >= 11 is 0. The fourth-order valence-electron chi connectivity index (χ4n) is 3.25. The molecular formula is C19H30N2. The van der Waals surface area contributed by atoms with Crippen molar-refractivity contribution in [3.63, 3.8) is 0 Å². The van der Waals surface area contributed by atoms with Crippen LogP contribution in [-0.2, 0) is 0 Å². The van der Waals surface area contributed by atoms with Gasteiger partial charge >= 0.3 is 0 Å². The fourth-order valence-corrected chi connectivity index (χ4v) is 3.25. The highest BCUT2D eigenvalue weighted by molar-refractivity contribution is 5.64. The minimum Gasteiger partial charge on any atom is -0.363 e. The smallest absolute Gasteiger partial charge is 0.0711 e. The molecule has 0 fully saturated rings. The first-order chi connectivity index (χ1) is 9.73. The van der Waals surface area contributed by atoms with E-state index in [9.17, 15) is 0 Å². The van der Waals surface area contributed by atoms with E-state index >= 15 is 0 Å². The van der Waals surface area contributed by atoms with Crippen LogP contribution in [0.15, 0.2) is 17.2 Å². The summed E-state index contributed by atoms with van der Waals surface area (Å²) in [7, 11) is 0. The number of hydrogen-bond donors (Lipinski definition) is 0. The van der Waals surface area contributed by atoms with E-state index < -0.39 is 0 Å². The third-order valence-electron chi connectivity index (χ3n) is 4.85. The first-order valence-electron chi connectivity index (χ1n) is 8.18. The normalized spacial score (nSPS) is 19.3. The molecule has 0 spiro atoms. The maximum Gasteiger partial charge on any atom is 0.0711 e. The standard InChI is InChI=1S/C19H30N2/c1-11(2)17-9-14(6)20-18-16(8)15(7)13(5)10-21(12(3)4)19(17)18/h9,11-12,16H,10H2,1-8H3/t16-/m1/s1. The lowest BCUT2D eigenvalue weighted by Crippen LogP contribution is -2.33. The third-order valence-corrected chi connectivity index (χ3v) is 4.85. The molecule has 1 aromatic heterocycles. The average Bonchev–Trinajstić information content (AvgIpc) is 2.49. The zero-order valence-corrected chi connectivity index (χ0v) is 14.9. The zero-order valence-electron chi connectivity index (χ0n) is 14.9. The molecular weight excluding hydrogens is 256 g/mol. The van der Waals surface area contributed by atoms with Crippen molar-refractivity contribution in [1.82, 2.24) is 4.98 Å². The molecule has 0 aromatic carbocycles. The van der Waals surface area contributed by atoms with E-state index in [1.165, 1.54) is 28.1 Å². The summed E-state index contributed by atoms with van der Waals surface area (Å²) < 4.78 is 0. The summed E-state index contributed by atoms with van der Waals surface area (Å²) in [5.74, 6) is 0.925. The second-order valence-corrected chi connectivity index (χ2v) is 7.15. The van der Waals surface area contributed by atoms with Crippen molar-refractivity contribution in [3.05, 3.63) is 34.2 Å². The van der Waals surface area contributed by atoms with Crippen LogP contribution in [0, 0.1) is 6.92 Å². The Hall–Kier alpha value is -1.31. The van der Waals surface area contributed by atoms with E-state index in [2.05, 4.69) is 66.4 Å². The highest BCUT2D eigenvalue weighted by atomic mass is 15.2. The van der Waals surface area contributed by atoms with Gasteiger partial charge in [0.2, 0.25) is 0 Å². The number of allylic oxidation sites excluding steroid dienone is 1. The highest BCUT2D eigenvalue weighted by Crippen LogP contribution is 2.41. The molecule has 0 radical (unpaired) electrons. The number of aryl methyl sites for hydroxylation is 1. The van der Waals surface area contributed by atoms with Gasteiger partial charge in [-0.1, -0.05) is 31.9 Å². The maximum absolute atomic E-state index is 4.94. The van der Waals surface area contributed by atoms with E-state index in [4.69, 9.17) is 4.98 Å². The average molecular weight is 286 g/mol. The lowest BCUT2D eigenvalue weighted by molar-refractivity contribution is 0.697. The van der Waals surface area contributed by atoms with Crippen LogP contribution in [-0.4, -0.2) is 17.6 Å². The lowest BCUT2D eigenvalue weighted by atomic mass is 9.91. The van der Waals surface area contributed by atoms with Crippen LogP contribution >= 0.6 is 0 Å². The minimum atomic E-state index is 0.404. The van der Waals surface area contributed by atoms with Crippen LogP contribution in [0.2, 0.25) is 0 Å². The Labute approximate surface area is 130 Å². The first-order valence-corrected chi connectivity index (χ1v) is 8.18. The van der Waals surface area contributed by atoms with Gasteiger partial charge in [0.1, 0.15) is 0 Å². The Morgan fingerprint density at radius 2 is 1.76 bits per heavy atom. The molecule has 0 saturated carbocycles. The molecule has 0 unspecified atom stereocenters. The first kappa shape index (κ1) is 16.1. The zero-order chi connectivity index (χ0) is 15.9. The SMILES string of the molecule is CC1=C(C)[C@@H](C)c2nc(C)cc(C(C)C)c2N(C(C)C)C1. The Morgan fingerprint density at radius 1 is 1.14 bits per heavy atom. The molecule has 1 aliphatic heterocycles. The Bertz CT molecular complexity index is 567. The molecule has 1 aliphatic rings. The van der Waals surface area contributed by atoms with Gasteiger partial charge in [-0.3, -0.25) is 4.98 Å². The predicted molar refractivity (Wildman–Crippen MR) is 92.3 cm³/mol. The van der Waals surface area contributed by atoms with Gasteiger partial charge in [0.15, 0.2) is 0 Å². The van der Waals surface area contributed by atoms with Crippen molar-refractivity contribution >= 4 is 5.69 Å². The van der Waals surface area contributed by atoms with Gasteiger partial charge in [-0.2, -0.15) is 0 Å². The second-order valence-electron chi connectivity index (χ2n) is 7.15. The molecule has 0 amide bonds. The van der Waals surface area contributed by atoms with Crippen molar-refractivity contribution in [1.29, 1.82) is 0 Å². The Balaban J connectivity index is 2.77. The van der Waals surface area contributed by atoms with E-state index in [0.717, 1.165) is 12.2 Å². The molecule has 2 heterocycles. The topological polar surface area (TPSA) is 16.1 Å². The van der Waals surface area contributed by atoms with Crippen molar-refractivity contribution in [2.24, 2.45) is 0 Å². The number of hydrogen-bond acceptors (Lipinski definition) is 2. The summed E-state index contributed by atoms with van der Waals surface area (Å²) in [6, 6.07) is 2.76. The van der Waals surface area contributed by atoms with Gasteiger partial charge in [0.25, 0.3) is 0 Å². The van der Waals surface area contributed by atoms with E-state index in [1.807, 2.05) is 0 Å². The predicted octanol–water partition coefficient (Wildman–Crippen LogP) is 5.18. The van der Waals surface area contributed by atoms with E-state index in [-0.39, 0.29) is 0 Å².